The predicted molar refractivity (Wildman–Crippen MR) is 61.8 cm³/mol. The van der Waals surface area contributed by atoms with E-state index in [1.165, 1.54) is 0 Å². The molecule has 0 spiro atoms. The molecule has 0 heterocycles. The quantitative estimate of drug-likeness (QED) is 0.344. The molecule has 0 rings (SSSR count). The maximum Gasteiger partial charge on any atom is 0.386 e. The SMILES string of the molecule is NCC(=O)S(C(=O)CN)(C(=O)CN)P(=O)(O)O. The largest absolute Gasteiger partial charge is 0.386 e. The van der Waals surface area contributed by atoms with Crippen molar-refractivity contribution in [3.8, 4) is 0 Å². The van der Waals surface area contributed by atoms with Crippen LogP contribution in [0.15, 0.2) is 0 Å². The number of carbonyl (C=O) groups is 3. The summed E-state index contributed by atoms with van der Waals surface area (Å²) in [6.45, 7) is -7.88. The van der Waals surface area contributed by atoms with Gasteiger partial charge in [0.05, 0.1) is 19.6 Å². The summed E-state index contributed by atoms with van der Waals surface area (Å²) in [5.74, 6) is 0. The summed E-state index contributed by atoms with van der Waals surface area (Å²) in [5, 5.41) is -3.93. The summed E-state index contributed by atoms with van der Waals surface area (Å²) in [6, 6.07) is 0. The van der Waals surface area contributed by atoms with Gasteiger partial charge in [-0.1, -0.05) is 0 Å². The number of nitrogens with two attached hydrogens (primary N) is 3. The predicted octanol–water partition coefficient (Wildman–Crippen LogP) is -2.66. The molecule has 0 unspecified atom stereocenters. The minimum Gasteiger partial charge on any atom is -0.323 e. The Morgan fingerprint density at radius 1 is 0.882 bits per heavy atom. The fourth-order valence-electron chi connectivity index (χ4n) is 1.14. The van der Waals surface area contributed by atoms with Crippen molar-refractivity contribution in [3.05, 3.63) is 0 Å². The van der Waals surface area contributed by atoms with Gasteiger partial charge in [0.25, 0.3) is 0 Å². The average molecular weight is 287 g/mol. The van der Waals surface area contributed by atoms with Crippen LogP contribution in [-0.4, -0.2) is 44.8 Å². The van der Waals surface area contributed by atoms with Gasteiger partial charge < -0.3 is 27.0 Å². The minimum atomic E-state index is -5.33. The zero-order chi connectivity index (χ0) is 13.9. The zero-order valence-electron chi connectivity index (χ0n) is 8.74. The summed E-state index contributed by atoms with van der Waals surface area (Å²) >= 11 is 0. The van der Waals surface area contributed by atoms with Gasteiger partial charge in [-0.15, -0.1) is 0 Å². The molecule has 0 aliphatic carbocycles. The van der Waals surface area contributed by atoms with Crippen molar-refractivity contribution in [2.45, 2.75) is 0 Å². The molecular weight excluding hydrogens is 273 g/mol. The van der Waals surface area contributed by atoms with Gasteiger partial charge in [0.1, 0.15) is 0 Å². The van der Waals surface area contributed by atoms with Crippen molar-refractivity contribution in [3.63, 3.8) is 0 Å². The monoisotopic (exact) mass is 287 g/mol. The smallest absolute Gasteiger partial charge is 0.323 e. The van der Waals surface area contributed by atoms with E-state index in [9.17, 15) is 18.9 Å². The van der Waals surface area contributed by atoms with E-state index in [0.29, 0.717) is 0 Å². The van der Waals surface area contributed by atoms with E-state index in [1.807, 2.05) is 0 Å². The van der Waals surface area contributed by atoms with E-state index < -0.39 is 51.4 Å². The Labute approximate surface area is 97.9 Å². The first-order chi connectivity index (χ1) is 7.69. The van der Waals surface area contributed by atoms with E-state index in [0.717, 1.165) is 0 Å². The van der Waals surface area contributed by atoms with Crippen molar-refractivity contribution in [1.29, 1.82) is 0 Å². The van der Waals surface area contributed by atoms with Crippen LogP contribution in [0.1, 0.15) is 0 Å². The summed E-state index contributed by atoms with van der Waals surface area (Å²) in [5.41, 5.74) is 14.9. The number of carbonyl (C=O) groups excluding carboxylic acids is 3. The maximum atomic E-state index is 11.5. The molecule has 0 aromatic heterocycles. The van der Waals surface area contributed by atoms with E-state index in [2.05, 4.69) is 0 Å². The van der Waals surface area contributed by atoms with Crippen molar-refractivity contribution in [2.75, 3.05) is 19.6 Å². The van der Waals surface area contributed by atoms with Gasteiger partial charge in [0.15, 0.2) is 0 Å². The molecule has 0 fully saturated rings. The Kier molecular flexibility index (Phi) is 5.62. The van der Waals surface area contributed by atoms with Gasteiger partial charge in [-0.25, -0.2) is 4.57 Å². The summed E-state index contributed by atoms with van der Waals surface area (Å²) < 4.78 is 11.4. The van der Waals surface area contributed by atoms with Gasteiger partial charge in [0.2, 0.25) is 15.3 Å². The first-order valence-electron chi connectivity index (χ1n) is 4.28. The molecule has 100 valence electrons. The average Bonchev–Trinajstić information content (AvgIpc) is 2.26. The van der Waals surface area contributed by atoms with Crippen LogP contribution in [-0.2, 0) is 18.9 Å². The molecule has 0 saturated carbocycles. The van der Waals surface area contributed by atoms with Gasteiger partial charge in [-0.3, -0.25) is 14.4 Å². The molecule has 0 aliphatic heterocycles. The van der Waals surface area contributed by atoms with Crippen LogP contribution >= 0.6 is 16.4 Å². The number of hydrogen-bond acceptors (Lipinski definition) is 7. The molecule has 8 N–H and O–H groups in total. The van der Waals surface area contributed by atoms with Crippen LogP contribution in [0.3, 0.4) is 0 Å². The number of rotatable bonds is 4. The Morgan fingerprint density at radius 3 is 1.24 bits per heavy atom. The van der Waals surface area contributed by atoms with Crippen LogP contribution in [0.5, 0.6) is 0 Å². The van der Waals surface area contributed by atoms with Crippen LogP contribution in [0.2, 0.25) is 0 Å². The van der Waals surface area contributed by atoms with Crippen LogP contribution in [0.4, 0.5) is 0 Å². The standard InChI is InChI=1S/C6H14N3O6PS/c7-1-4(10)17(5(11)2-8,6(12)3-9)16(13,14)15/h1-3,7-9H2,(H2,13,14,15). The second-order valence-electron chi connectivity index (χ2n) is 2.80. The van der Waals surface area contributed by atoms with Crippen LogP contribution in [0, 0.1) is 0 Å². The Bertz CT molecular complexity index is 352. The number of hydrogen-bond donors (Lipinski definition) is 5. The molecule has 11 heteroatoms. The first kappa shape index (κ1) is 16.4. The highest BCUT2D eigenvalue weighted by Gasteiger charge is 2.57. The third-order valence-corrected chi connectivity index (χ3v) is 9.01. The lowest BCUT2D eigenvalue weighted by Crippen LogP contribution is -2.38. The van der Waals surface area contributed by atoms with E-state index >= 15 is 0 Å². The highest BCUT2D eigenvalue weighted by atomic mass is 32.8. The van der Waals surface area contributed by atoms with Crippen LogP contribution in [0.25, 0.3) is 0 Å². The third kappa shape index (κ3) is 2.63. The Balaban J connectivity index is 6.10. The second kappa shape index (κ2) is 5.83. The van der Waals surface area contributed by atoms with Crippen molar-refractivity contribution >= 4 is 31.8 Å². The van der Waals surface area contributed by atoms with Crippen molar-refractivity contribution in [2.24, 2.45) is 17.2 Å². The summed E-state index contributed by atoms with van der Waals surface area (Å²) in [6.07, 6.45) is 0. The summed E-state index contributed by atoms with van der Waals surface area (Å²) in [7, 11) is -4.22. The molecule has 0 aliphatic rings. The van der Waals surface area contributed by atoms with E-state index in [4.69, 9.17) is 27.0 Å². The van der Waals surface area contributed by atoms with Gasteiger partial charge in [-0.2, -0.15) is 0 Å². The highest BCUT2D eigenvalue weighted by molar-refractivity contribution is 8.97. The fourth-order valence-corrected chi connectivity index (χ4v) is 6.48. The van der Waals surface area contributed by atoms with E-state index in [1.54, 1.807) is 0 Å². The van der Waals surface area contributed by atoms with Gasteiger partial charge in [0, 0.05) is 9.65 Å². The summed E-state index contributed by atoms with van der Waals surface area (Å²) in [4.78, 5) is 52.9. The van der Waals surface area contributed by atoms with Gasteiger partial charge >= 0.3 is 6.80 Å². The molecule has 0 amide bonds. The third-order valence-electron chi connectivity index (χ3n) is 1.85. The lowest BCUT2D eigenvalue weighted by Gasteiger charge is -2.33. The fraction of sp³-hybridized carbons (Fsp3) is 0.500. The first-order valence-corrected chi connectivity index (χ1v) is 8.13. The van der Waals surface area contributed by atoms with E-state index in [-0.39, 0.29) is 0 Å². The normalized spacial score (nSPS) is 13.2. The molecule has 0 radical (unpaired) electrons. The zero-order valence-corrected chi connectivity index (χ0v) is 10.4. The van der Waals surface area contributed by atoms with Gasteiger partial charge in [-0.05, 0) is 0 Å². The molecule has 0 atom stereocenters. The Hall–Kier alpha value is -0.610. The molecule has 0 bridgehead atoms. The lowest BCUT2D eigenvalue weighted by atomic mass is 10.7. The van der Waals surface area contributed by atoms with Crippen molar-refractivity contribution < 1.29 is 28.7 Å². The minimum absolute atomic E-state index is 0.849. The molecule has 0 aromatic carbocycles. The molecule has 0 saturated heterocycles. The Morgan fingerprint density at radius 2 is 1.12 bits per heavy atom. The van der Waals surface area contributed by atoms with Crippen molar-refractivity contribution in [1.82, 2.24) is 0 Å². The molecule has 0 aromatic rings. The molecular formula is C6H14N3O6PS. The second-order valence-corrected chi connectivity index (χ2v) is 9.38. The maximum absolute atomic E-state index is 11.5. The topological polar surface area (TPSA) is 187 Å². The lowest BCUT2D eigenvalue weighted by molar-refractivity contribution is -0.114. The molecule has 9 nitrogen and oxygen atoms in total. The van der Waals surface area contributed by atoms with Crippen LogP contribution < -0.4 is 17.2 Å². The highest BCUT2D eigenvalue weighted by Crippen LogP contribution is 2.77. The molecule has 17 heavy (non-hydrogen) atoms.